The number of hydrogen-bond donors (Lipinski definition) is 3. The van der Waals surface area contributed by atoms with E-state index < -0.39 is 28.0 Å². The lowest BCUT2D eigenvalue weighted by molar-refractivity contribution is -0.139. The van der Waals surface area contributed by atoms with Crippen molar-refractivity contribution in [2.45, 2.75) is 50.7 Å². The van der Waals surface area contributed by atoms with Gasteiger partial charge in [-0.25, -0.2) is 13.4 Å². The Bertz CT molecular complexity index is 1510. The average molecular weight is 496 g/mol. The summed E-state index contributed by atoms with van der Waals surface area (Å²) in [5.74, 6) is -0.493. The van der Waals surface area contributed by atoms with Gasteiger partial charge >= 0.3 is 5.97 Å². The number of nitrogens with one attached hydrogen (secondary N) is 1. The first-order valence-electron chi connectivity index (χ1n) is 11.5. The standard InChI is InChI=1S/C26H29N3O5S/c1-4-17(13-21(27)26(30)31)34-22-10-9-19(16-7-6-8-18(12-16)35(32,33)5-2)23-20-11-15(3)14-28-25(20)29-24(22)23/h6-12,14,17,21H,4-5,13,27H2,1-3H3,(H,28,29)(H,30,31)/t17?,21-/m0/s1. The van der Waals surface area contributed by atoms with Crippen LogP contribution in [0, 0.1) is 6.92 Å². The average Bonchev–Trinajstić information content (AvgIpc) is 3.22. The molecule has 4 rings (SSSR count). The van der Waals surface area contributed by atoms with Crippen LogP contribution in [-0.2, 0) is 14.6 Å². The molecule has 9 heteroatoms. The van der Waals surface area contributed by atoms with Crippen molar-refractivity contribution in [3.63, 3.8) is 0 Å². The maximum absolute atomic E-state index is 12.5. The zero-order valence-corrected chi connectivity index (χ0v) is 20.7. The van der Waals surface area contributed by atoms with Gasteiger partial charge < -0.3 is 20.6 Å². The first-order valence-corrected chi connectivity index (χ1v) is 13.2. The number of hydrogen-bond acceptors (Lipinski definition) is 6. The summed E-state index contributed by atoms with van der Waals surface area (Å²) < 4.78 is 31.3. The summed E-state index contributed by atoms with van der Waals surface area (Å²) in [7, 11) is -3.37. The monoisotopic (exact) mass is 495 g/mol. The van der Waals surface area contributed by atoms with E-state index in [1.807, 2.05) is 38.1 Å². The van der Waals surface area contributed by atoms with Gasteiger partial charge in [-0.1, -0.05) is 26.0 Å². The second-order valence-electron chi connectivity index (χ2n) is 8.65. The number of carbonyl (C=O) groups is 1. The van der Waals surface area contributed by atoms with Crippen molar-refractivity contribution < 1.29 is 23.1 Å². The Morgan fingerprint density at radius 1 is 1.20 bits per heavy atom. The van der Waals surface area contributed by atoms with Crippen LogP contribution < -0.4 is 10.5 Å². The number of benzene rings is 2. The number of nitrogens with two attached hydrogens (primary N) is 1. The van der Waals surface area contributed by atoms with Crippen molar-refractivity contribution in [2.24, 2.45) is 5.73 Å². The molecule has 35 heavy (non-hydrogen) atoms. The quantitative estimate of drug-likeness (QED) is 0.312. The summed E-state index contributed by atoms with van der Waals surface area (Å²) >= 11 is 0. The molecule has 2 atom stereocenters. The number of fused-ring (bicyclic) bond motifs is 3. The molecule has 4 aromatic rings. The number of nitrogens with zero attached hydrogens (tertiary/aromatic N) is 1. The largest absolute Gasteiger partial charge is 0.488 e. The number of pyridine rings is 1. The van der Waals surface area contributed by atoms with Crippen LogP contribution in [0.3, 0.4) is 0 Å². The predicted molar refractivity (Wildman–Crippen MR) is 136 cm³/mol. The zero-order valence-electron chi connectivity index (χ0n) is 19.9. The number of H-pyrrole nitrogens is 1. The summed E-state index contributed by atoms with van der Waals surface area (Å²) in [6.45, 7) is 5.50. The smallest absolute Gasteiger partial charge is 0.320 e. The van der Waals surface area contributed by atoms with Gasteiger partial charge in [0.25, 0.3) is 0 Å². The molecule has 0 amide bonds. The van der Waals surface area contributed by atoms with E-state index in [4.69, 9.17) is 10.5 Å². The summed E-state index contributed by atoms with van der Waals surface area (Å²) in [5, 5.41) is 11.0. The number of aromatic amines is 1. The minimum atomic E-state index is -3.37. The van der Waals surface area contributed by atoms with E-state index in [1.165, 1.54) is 0 Å². The molecule has 0 aliphatic rings. The Hall–Kier alpha value is -3.43. The molecule has 0 fully saturated rings. The minimum Gasteiger partial charge on any atom is -0.488 e. The molecule has 4 N–H and O–H groups in total. The molecular weight excluding hydrogens is 466 g/mol. The van der Waals surface area contributed by atoms with Crippen molar-refractivity contribution in [1.82, 2.24) is 9.97 Å². The number of aromatic nitrogens is 2. The number of rotatable bonds is 9. The molecule has 0 aliphatic heterocycles. The molecule has 184 valence electrons. The Balaban J connectivity index is 1.90. The number of sulfone groups is 1. The predicted octanol–water partition coefficient (Wildman–Crippen LogP) is 4.44. The third-order valence-corrected chi connectivity index (χ3v) is 7.90. The van der Waals surface area contributed by atoms with Crippen molar-refractivity contribution >= 4 is 37.7 Å². The van der Waals surface area contributed by atoms with Gasteiger partial charge in [0.2, 0.25) is 0 Å². The van der Waals surface area contributed by atoms with Gasteiger partial charge in [0.1, 0.15) is 23.5 Å². The van der Waals surface area contributed by atoms with Crippen molar-refractivity contribution in [3.8, 4) is 16.9 Å². The molecule has 0 bridgehead atoms. The van der Waals surface area contributed by atoms with Crippen LogP contribution in [0.1, 0.15) is 32.3 Å². The van der Waals surface area contributed by atoms with Crippen LogP contribution in [0.2, 0.25) is 0 Å². The first kappa shape index (κ1) is 24.7. The molecule has 0 aliphatic carbocycles. The Kier molecular flexibility index (Phi) is 6.82. The second-order valence-corrected chi connectivity index (χ2v) is 10.9. The highest BCUT2D eigenvalue weighted by molar-refractivity contribution is 7.91. The van der Waals surface area contributed by atoms with Crippen LogP contribution in [-0.4, -0.2) is 47.4 Å². The molecule has 1 unspecified atom stereocenters. The van der Waals surface area contributed by atoms with E-state index in [9.17, 15) is 18.3 Å². The Morgan fingerprint density at radius 3 is 2.66 bits per heavy atom. The maximum atomic E-state index is 12.5. The molecular formula is C26H29N3O5S. The van der Waals surface area contributed by atoms with Gasteiger partial charge in [0.05, 0.1) is 16.2 Å². The lowest BCUT2D eigenvalue weighted by atomic mass is 9.99. The van der Waals surface area contributed by atoms with Crippen molar-refractivity contribution in [3.05, 3.63) is 54.2 Å². The van der Waals surface area contributed by atoms with E-state index in [2.05, 4.69) is 9.97 Å². The number of carboxylic acids is 1. The summed E-state index contributed by atoms with van der Waals surface area (Å²) in [5.41, 5.74) is 9.73. The summed E-state index contributed by atoms with van der Waals surface area (Å²) in [6, 6.07) is 11.6. The lowest BCUT2D eigenvalue weighted by Crippen LogP contribution is -2.35. The molecule has 0 saturated heterocycles. The van der Waals surface area contributed by atoms with Gasteiger partial charge in [-0.05, 0) is 60.4 Å². The van der Waals surface area contributed by atoms with E-state index >= 15 is 0 Å². The normalized spacial score (nSPS) is 13.7. The molecule has 2 heterocycles. The molecule has 0 saturated carbocycles. The molecule has 0 spiro atoms. The second kappa shape index (κ2) is 9.67. The molecule has 8 nitrogen and oxygen atoms in total. The van der Waals surface area contributed by atoms with Crippen LogP contribution in [0.15, 0.2) is 53.6 Å². The Labute approximate surface area is 204 Å². The SMILES string of the molecule is CCC(C[C@H](N)C(=O)O)Oc1ccc(-c2cccc(S(=O)(=O)CC)c2)c2c1[nH]c1ncc(C)cc12. The zero-order chi connectivity index (χ0) is 25.3. The number of aryl methyl sites for hydroxylation is 1. The van der Waals surface area contributed by atoms with Crippen molar-refractivity contribution in [1.29, 1.82) is 0 Å². The summed E-state index contributed by atoms with van der Waals surface area (Å²) in [6.07, 6.45) is 2.13. The third kappa shape index (κ3) is 4.87. The van der Waals surface area contributed by atoms with Gasteiger partial charge in [0, 0.05) is 23.4 Å². The maximum Gasteiger partial charge on any atom is 0.320 e. The van der Waals surface area contributed by atoms with Gasteiger partial charge in [0.15, 0.2) is 9.84 Å². The number of aliphatic carboxylic acids is 1. The highest BCUT2D eigenvalue weighted by atomic mass is 32.2. The van der Waals surface area contributed by atoms with E-state index in [-0.39, 0.29) is 17.1 Å². The fourth-order valence-corrected chi connectivity index (χ4v) is 5.12. The van der Waals surface area contributed by atoms with Gasteiger partial charge in [-0.2, -0.15) is 0 Å². The molecule has 0 radical (unpaired) electrons. The van der Waals surface area contributed by atoms with Gasteiger partial charge in [-0.15, -0.1) is 0 Å². The molecule has 2 aromatic carbocycles. The number of carboxylic acid groups (broad SMARTS) is 1. The van der Waals surface area contributed by atoms with Gasteiger partial charge in [-0.3, -0.25) is 4.79 Å². The highest BCUT2D eigenvalue weighted by Crippen LogP contribution is 2.40. The van der Waals surface area contributed by atoms with Crippen molar-refractivity contribution in [2.75, 3.05) is 5.75 Å². The Morgan fingerprint density at radius 2 is 1.97 bits per heavy atom. The van der Waals surface area contributed by atoms with E-state index in [1.54, 1.807) is 31.3 Å². The highest BCUT2D eigenvalue weighted by Gasteiger charge is 2.22. The minimum absolute atomic E-state index is 0.0196. The van der Waals surface area contributed by atoms with E-state index in [0.29, 0.717) is 23.3 Å². The van der Waals surface area contributed by atoms with Crippen LogP contribution >= 0.6 is 0 Å². The first-order chi connectivity index (χ1) is 16.6. The van der Waals surface area contributed by atoms with Crippen LogP contribution in [0.25, 0.3) is 33.1 Å². The fourth-order valence-electron chi connectivity index (χ4n) is 4.19. The number of ether oxygens (including phenoxy) is 1. The molecule has 2 aromatic heterocycles. The summed E-state index contributed by atoms with van der Waals surface area (Å²) in [4.78, 5) is 19.4. The lowest BCUT2D eigenvalue weighted by Gasteiger charge is -2.20. The van der Waals surface area contributed by atoms with E-state index in [0.717, 1.165) is 27.5 Å². The fraction of sp³-hybridized carbons (Fsp3) is 0.308. The van der Waals surface area contributed by atoms with Crippen LogP contribution in [0.5, 0.6) is 5.75 Å². The topological polar surface area (TPSA) is 135 Å². The third-order valence-electron chi connectivity index (χ3n) is 6.17. The van der Waals surface area contributed by atoms with Crippen LogP contribution in [0.4, 0.5) is 0 Å².